The zero-order valence-electron chi connectivity index (χ0n) is 11.6. The van der Waals surface area contributed by atoms with E-state index in [2.05, 4.69) is 15.6 Å². The lowest BCUT2D eigenvalue weighted by atomic mass is 10.2. The highest BCUT2D eigenvalue weighted by Crippen LogP contribution is 2.31. The third-order valence-electron chi connectivity index (χ3n) is 3.07. The number of aliphatic imine (C=N–C) groups is 1. The van der Waals surface area contributed by atoms with Crippen LogP contribution in [0.25, 0.3) is 0 Å². The Kier molecular flexibility index (Phi) is 5.91. The molecular weight excluding hydrogens is 250 g/mol. The van der Waals surface area contributed by atoms with E-state index >= 15 is 0 Å². The van der Waals surface area contributed by atoms with Gasteiger partial charge in [0.15, 0.2) is 5.96 Å². The number of sulfone groups is 1. The van der Waals surface area contributed by atoms with Gasteiger partial charge >= 0.3 is 0 Å². The maximum Gasteiger partial charge on any atom is 0.191 e. The predicted molar refractivity (Wildman–Crippen MR) is 75.6 cm³/mol. The Morgan fingerprint density at radius 3 is 2.61 bits per heavy atom. The molecule has 1 rings (SSSR count). The molecule has 0 aliphatic heterocycles. The van der Waals surface area contributed by atoms with Gasteiger partial charge in [0.05, 0.1) is 5.75 Å². The fourth-order valence-corrected chi connectivity index (χ4v) is 2.47. The van der Waals surface area contributed by atoms with Crippen LogP contribution in [0.5, 0.6) is 0 Å². The molecule has 1 atom stereocenters. The minimum absolute atomic E-state index is 0.104. The van der Waals surface area contributed by atoms with E-state index in [1.165, 1.54) is 25.5 Å². The molecule has 0 bridgehead atoms. The molecule has 0 saturated heterocycles. The molecular formula is C12H25N3O2S. The molecule has 0 radical (unpaired) electrons. The van der Waals surface area contributed by atoms with Gasteiger partial charge < -0.3 is 10.6 Å². The first-order chi connectivity index (χ1) is 8.40. The summed E-state index contributed by atoms with van der Waals surface area (Å²) in [6, 6.07) is 0.104. The molecule has 1 aliphatic carbocycles. The SMILES string of the molecule is CN=C(NCCC1CC1)NC(C)CCS(C)(=O)=O. The lowest BCUT2D eigenvalue weighted by Crippen LogP contribution is -2.43. The van der Waals surface area contributed by atoms with Crippen LogP contribution in [0.3, 0.4) is 0 Å². The third-order valence-corrected chi connectivity index (χ3v) is 4.05. The molecule has 18 heavy (non-hydrogen) atoms. The number of nitrogens with one attached hydrogen (secondary N) is 2. The number of rotatable bonds is 7. The summed E-state index contributed by atoms with van der Waals surface area (Å²) < 4.78 is 22.1. The van der Waals surface area contributed by atoms with Crippen LogP contribution >= 0.6 is 0 Å². The highest BCUT2D eigenvalue weighted by Gasteiger charge is 2.20. The summed E-state index contributed by atoms with van der Waals surface area (Å²) in [7, 11) is -1.15. The lowest BCUT2D eigenvalue weighted by molar-refractivity contribution is 0.579. The van der Waals surface area contributed by atoms with Gasteiger partial charge in [-0.25, -0.2) is 8.42 Å². The zero-order valence-corrected chi connectivity index (χ0v) is 12.4. The Bertz CT molecular complexity index is 375. The number of guanidine groups is 1. The Hall–Kier alpha value is -0.780. The molecule has 0 amide bonds. The van der Waals surface area contributed by atoms with Crippen molar-refractivity contribution in [3.8, 4) is 0 Å². The van der Waals surface area contributed by atoms with Crippen LogP contribution in [0.2, 0.25) is 0 Å². The molecule has 0 heterocycles. The Labute approximate surface area is 110 Å². The Morgan fingerprint density at radius 1 is 1.44 bits per heavy atom. The topological polar surface area (TPSA) is 70.6 Å². The van der Waals surface area contributed by atoms with Crippen molar-refractivity contribution in [2.24, 2.45) is 10.9 Å². The first-order valence-electron chi connectivity index (χ1n) is 6.55. The Morgan fingerprint density at radius 2 is 2.11 bits per heavy atom. The van der Waals surface area contributed by atoms with E-state index in [4.69, 9.17) is 0 Å². The van der Waals surface area contributed by atoms with Crippen molar-refractivity contribution >= 4 is 15.8 Å². The van der Waals surface area contributed by atoms with E-state index in [1.54, 1.807) is 7.05 Å². The number of hydrogen-bond donors (Lipinski definition) is 2. The first kappa shape index (κ1) is 15.3. The van der Waals surface area contributed by atoms with E-state index < -0.39 is 9.84 Å². The molecule has 0 spiro atoms. The summed E-state index contributed by atoms with van der Waals surface area (Å²) in [5.41, 5.74) is 0. The van der Waals surface area contributed by atoms with Gasteiger partial charge in [0.2, 0.25) is 0 Å². The average Bonchev–Trinajstić information content (AvgIpc) is 3.08. The van der Waals surface area contributed by atoms with Crippen LogP contribution in [0.1, 0.15) is 32.6 Å². The van der Waals surface area contributed by atoms with E-state index in [-0.39, 0.29) is 11.8 Å². The largest absolute Gasteiger partial charge is 0.356 e. The minimum Gasteiger partial charge on any atom is -0.356 e. The molecule has 1 unspecified atom stereocenters. The van der Waals surface area contributed by atoms with Crippen molar-refractivity contribution in [2.75, 3.05) is 25.6 Å². The minimum atomic E-state index is -2.88. The second-order valence-corrected chi connectivity index (χ2v) is 7.45. The summed E-state index contributed by atoms with van der Waals surface area (Å²) >= 11 is 0. The fraction of sp³-hybridized carbons (Fsp3) is 0.917. The predicted octanol–water partition coefficient (Wildman–Crippen LogP) is 0.775. The fourth-order valence-electron chi connectivity index (χ4n) is 1.69. The highest BCUT2D eigenvalue weighted by atomic mass is 32.2. The average molecular weight is 275 g/mol. The molecule has 0 aromatic heterocycles. The van der Waals surface area contributed by atoms with Crippen molar-refractivity contribution in [2.45, 2.75) is 38.6 Å². The van der Waals surface area contributed by atoms with Gasteiger partial charge in [-0.05, 0) is 25.7 Å². The van der Waals surface area contributed by atoms with Crippen LogP contribution in [0.15, 0.2) is 4.99 Å². The standard InChI is InChI=1S/C12H25N3O2S/c1-10(7-9-18(3,16)17)15-12(13-2)14-8-6-11-4-5-11/h10-11H,4-9H2,1-3H3,(H2,13,14,15). The molecule has 106 valence electrons. The normalized spacial score (nSPS) is 18.5. The zero-order chi connectivity index (χ0) is 13.6. The molecule has 2 N–H and O–H groups in total. The van der Waals surface area contributed by atoms with Crippen LogP contribution in [-0.4, -0.2) is 46.0 Å². The van der Waals surface area contributed by atoms with Crippen molar-refractivity contribution in [1.29, 1.82) is 0 Å². The molecule has 5 nitrogen and oxygen atoms in total. The van der Waals surface area contributed by atoms with Gasteiger partial charge in [-0.2, -0.15) is 0 Å². The van der Waals surface area contributed by atoms with E-state index in [0.717, 1.165) is 18.4 Å². The third kappa shape index (κ3) is 7.53. The molecule has 0 aromatic rings. The van der Waals surface area contributed by atoms with Gasteiger partial charge in [0.25, 0.3) is 0 Å². The van der Waals surface area contributed by atoms with Crippen LogP contribution in [0.4, 0.5) is 0 Å². The monoisotopic (exact) mass is 275 g/mol. The molecule has 1 saturated carbocycles. The van der Waals surface area contributed by atoms with Crippen molar-refractivity contribution in [1.82, 2.24) is 10.6 Å². The van der Waals surface area contributed by atoms with Crippen molar-refractivity contribution < 1.29 is 8.42 Å². The summed E-state index contributed by atoms with van der Waals surface area (Å²) in [5.74, 6) is 1.87. The first-order valence-corrected chi connectivity index (χ1v) is 8.61. The van der Waals surface area contributed by atoms with Crippen LogP contribution in [0, 0.1) is 5.92 Å². The quantitative estimate of drug-likeness (QED) is 0.532. The lowest BCUT2D eigenvalue weighted by Gasteiger charge is -2.17. The maximum absolute atomic E-state index is 11.1. The van der Waals surface area contributed by atoms with E-state index in [9.17, 15) is 8.42 Å². The van der Waals surface area contributed by atoms with Crippen molar-refractivity contribution in [3.63, 3.8) is 0 Å². The van der Waals surface area contributed by atoms with Gasteiger partial charge in [-0.15, -0.1) is 0 Å². The summed E-state index contributed by atoms with van der Waals surface area (Å²) in [6.07, 6.45) is 5.78. The number of hydrogen-bond acceptors (Lipinski definition) is 3. The Balaban J connectivity index is 2.19. The van der Waals surface area contributed by atoms with Gasteiger partial charge in [-0.3, -0.25) is 4.99 Å². The van der Waals surface area contributed by atoms with Gasteiger partial charge in [-0.1, -0.05) is 12.8 Å². The van der Waals surface area contributed by atoms with Crippen LogP contribution in [-0.2, 0) is 9.84 Å². The highest BCUT2D eigenvalue weighted by molar-refractivity contribution is 7.90. The summed E-state index contributed by atoms with van der Waals surface area (Å²) in [6.45, 7) is 2.90. The number of nitrogens with zero attached hydrogens (tertiary/aromatic N) is 1. The van der Waals surface area contributed by atoms with Crippen molar-refractivity contribution in [3.05, 3.63) is 0 Å². The maximum atomic E-state index is 11.1. The van der Waals surface area contributed by atoms with E-state index in [1.807, 2.05) is 6.92 Å². The second-order valence-electron chi connectivity index (χ2n) is 5.19. The molecule has 0 aromatic carbocycles. The van der Waals surface area contributed by atoms with Gasteiger partial charge in [0.1, 0.15) is 9.84 Å². The van der Waals surface area contributed by atoms with Gasteiger partial charge in [0, 0.05) is 25.9 Å². The molecule has 1 aliphatic rings. The van der Waals surface area contributed by atoms with E-state index in [0.29, 0.717) is 6.42 Å². The molecule has 1 fully saturated rings. The summed E-state index contributed by atoms with van der Waals surface area (Å²) in [4.78, 5) is 4.13. The van der Waals surface area contributed by atoms with Crippen LogP contribution < -0.4 is 10.6 Å². The summed E-state index contributed by atoms with van der Waals surface area (Å²) in [5, 5.41) is 6.47. The second kappa shape index (κ2) is 6.97. The smallest absolute Gasteiger partial charge is 0.191 e. The molecule has 6 heteroatoms.